The summed E-state index contributed by atoms with van der Waals surface area (Å²) in [7, 11) is 4.75. The Kier molecular flexibility index (Phi) is 4.62. The van der Waals surface area contributed by atoms with Crippen LogP contribution in [0.25, 0.3) is 0 Å². The summed E-state index contributed by atoms with van der Waals surface area (Å²) >= 11 is 0. The van der Waals surface area contributed by atoms with Crippen molar-refractivity contribution in [3.05, 3.63) is 32.6 Å². The van der Waals surface area contributed by atoms with Gasteiger partial charge in [0.25, 0.3) is 5.56 Å². The van der Waals surface area contributed by atoms with Gasteiger partial charge in [0.05, 0.1) is 12.1 Å². The lowest BCUT2D eigenvalue weighted by molar-refractivity contribution is -0.135. The third-order valence-corrected chi connectivity index (χ3v) is 3.99. The molecule has 0 radical (unpaired) electrons. The van der Waals surface area contributed by atoms with Crippen LogP contribution in [-0.2, 0) is 25.4 Å². The average Bonchev–Trinajstić information content (AvgIpc) is 2.50. The van der Waals surface area contributed by atoms with Gasteiger partial charge in [0.1, 0.15) is 0 Å². The highest BCUT2D eigenvalue weighted by Crippen LogP contribution is 2.15. The second-order valence-electron chi connectivity index (χ2n) is 5.63. The normalized spacial score (nSPS) is 16.0. The molecule has 1 aromatic heterocycles. The van der Waals surface area contributed by atoms with Crippen LogP contribution in [0.2, 0.25) is 0 Å². The Hall–Kier alpha value is -1.89. The number of carbonyl (C=O) groups excluding carboxylic acids is 1. The van der Waals surface area contributed by atoms with E-state index in [1.165, 1.54) is 17.8 Å². The molecule has 1 saturated heterocycles. The van der Waals surface area contributed by atoms with E-state index in [0.717, 1.165) is 30.5 Å². The minimum Gasteiger partial charge on any atom is -0.341 e. The van der Waals surface area contributed by atoms with E-state index in [0.29, 0.717) is 5.56 Å². The molecular weight excluding hydrogens is 272 g/mol. The molecule has 1 aliphatic heterocycles. The van der Waals surface area contributed by atoms with Crippen LogP contribution < -0.4 is 16.6 Å². The fraction of sp³-hybridized carbons (Fsp3) is 0.643. The number of amides is 1. The molecule has 116 valence electrons. The van der Waals surface area contributed by atoms with E-state index in [-0.39, 0.29) is 29.6 Å². The quantitative estimate of drug-likeness (QED) is 0.779. The Morgan fingerprint density at radius 3 is 2.57 bits per heavy atom. The van der Waals surface area contributed by atoms with E-state index in [2.05, 4.69) is 5.32 Å². The fourth-order valence-electron chi connectivity index (χ4n) is 2.71. The summed E-state index contributed by atoms with van der Waals surface area (Å²) in [5.41, 5.74) is -0.261. The van der Waals surface area contributed by atoms with Crippen molar-refractivity contribution in [2.24, 2.45) is 20.0 Å². The Morgan fingerprint density at radius 2 is 1.95 bits per heavy atom. The summed E-state index contributed by atoms with van der Waals surface area (Å²) in [6, 6.07) is 0. The second-order valence-corrected chi connectivity index (χ2v) is 5.63. The number of carbonyl (C=O) groups is 1. The van der Waals surface area contributed by atoms with Gasteiger partial charge in [0.2, 0.25) is 5.91 Å². The number of hydrogen-bond acceptors (Lipinski definition) is 4. The topological polar surface area (TPSA) is 76.3 Å². The number of nitrogens with zero attached hydrogens (tertiary/aromatic N) is 3. The van der Waals surface area contributed by atoms with Crippen LogP contribution in [0.1, 0.15) is 18.4 Å². The summed E-state index contributed by atoms with van der Waals surface area (Å²) in [5, 5.41) is 3.23. The third-order valence-electron chi connectivity index (χ3n) is 3.99. The highest BCUT2D eigenvalue weighted by atomic mass is 16.2. The molecule has 1 aromatic rings. The molecule has 2 rings (SSSR count). The van der Waals surface area contributed by atoms with Crippen LogP contribution in [0.3, 0.4) is 0 Å². The van der Waals surface area contributed by atoms with E-state index in [9.17, 15) is 14.4 Å². The SMILES string of the molecule is CN(Cc1cn(C)c(=O)n(C)c1=O)C(=O)C1CCNCC1. The smallest absolute Gasteiger partial charge is 0.330 e. The summed E-state index contributed by atoms with van der Waals surface area (Å²) in [6.07, 6.45) is 3.17. The number of nitrogens with one attached hydrogen (secondary N) is 1. The first-order chi connectivity index (χ1) is 9.91. The number of hydrogen-bond donors (Lipinski definition) is 1. The lowest BCUT2D eigenvalue weighted by Gasteiger charge is -2.27. The fourth-order valence-corrected chi connectivity index (χ4v) is 2.71. The van der Waals surface area contributed by atoms with E-state index in [4.69, 9.17) is 0 Å². The molecule has 1 N–H and O–H groups in total. The highest BCUT2D eigenvalue weighted by molar-refractivity contribution is 5.78. The molecule has 0 spiro atoms. The van der Waals surface area contributed by atoms with Crippen molar-refractivity contribution in [3.8, 4) is 0 Å². The molecule has 2 heterocycles. The Bertz CT molecular complexity index is 641. The van der Waals surface area contributed by atoms with Gasteiger partial charge in [-0.25, -0.2) is 4.79 Å². The Labute approximate surface area is 123 Å². The number of aryl methyl sites for hydroxylation is 1. The van der Waals surface area contributed by atoms with Gasteiger partial charge < -0.3 is 14.8 Å². The van der Waals surface area contributed by atoms with Crippen LogP contribution >= 0.6 is 0 Å². The first kappa shape index (κ1) is 15.5. The molecule has 1 amide bonds. The molecule has 0 aliphatic carbocycles. The van der Waals surface area contributed by atoms with E-state index < -0.39 is 0 Å². The third kappa shape index (κ3) is 3.24. The molecule has 0 saturated carbocycles. The van der Waals surface area contributed by atoms with E-state index in [1.807, 2.05) is 0 Å². The van der Waals surface area contributed by atoms with Crippen molar-refractivity contribution in [3.63, 3.8) is 0 Å². The Balaban J connectivity index is 2.16. The lowest BCUT2D eigenvalue weighted by Crippen LogP contribution is -2.42. The standard InChI is InChI=1S/C14H22N4O3/c1-16(12(19)10-4-6-15-7-5-10)8-11-9-17(2)14(21)18(3)13(11)20/h9-10,15H,4-8H2,1-3H3. The maximum absolute atomic E-state index is 12.4. The second kappa shape index (κ2) is 6.26. The first-order valence-electron chi connectivity index (χ1n) is 7.13. The molecule has 0 bridgehead atoms. The lowest BCUT2D eigenvalue weighted by atomic mass is 9.96. The van der Waals surface area contributed by atoms with Crippen molar-refractivity contribution in [2.45, 2.75) is 19.4 Å². The number of piperidine rings is 1. The number of rotatable bonds is 3. The van der Waals surface area contributed by atoms with Crippen molar-refractivity contribution in [1.82, 2.24) is 19.4 Å². The maximum atomic E-state index is 12.4. The molecule has 7 nitrogen and oxygen atoms in total. The number of aromatic nitrogens is 2. The Morgan fingerprint density at radius 1 is 1.33 bits per heavy atom. The molecule has 1 aliphatic rings. The zero-order valence-corrected chi connectivity index (χ0v) is 12.8. The van der Waals surface area contributed by atoms with E-state index >= 15 is 0 Å². The largest absolute Gasteiger partial charge is 0.341 e. The molecule has 7 heteroatoms. The molecule has 0 unspecified atom stereocenters. The van der Waals surface area contributed by atoms with Gasteiger partial charge in [0.15, 0.2) is 0 Å². The van der Waals surface area contributed by atoms with Gasteiger partial charge in [-0.1, -0.05) is 0 Å². The van der Waals surface area contributed by atoms with E-state index in [1.54, 1.807) is 19.0 Å². The first-order valence-corrected chi connectivity index (χ1v) is 7.13. The van der Waals surface area contributed by atoms with Crippen molar-refractivity contribution in [2.75, 3.05) is 20.1 Å². The summed E-state index contributed by atoms with van der Waals surface area (Å²) in [4.78, 5) is 37.7. The predicted molar refractivity (Wildman–Crippen MR) is 79.0 cm³/mol. The van der Waals surface area contributed by atoms with Gasteiger partial charge >= 0.3 is 5.69 Å². The summed E-state index contributed by atoms with van der Waals surface area (Å²) in [5.74, 6) is 0.0834. The monoisotopic (exact) mass is 294 g/mol. The molecule has 0 aromatic carbocycles. The zero-order valence-electron chi connectivity index (χ0n) is 12.8. The minimum atomic E-state index is -0.365. The molecule has 0 atom stereocenters. The van der Waals surface area contributed by atoms with Crippen LogP contribution in [-0.4, -0.2) is 40.1 Å². The van der Waals surface area contributed by atoms with Crippen LogP contribution in [0.4, 0.5) is 0 Å². The minimum absolute atomic E-state index is 0.0210. The van der Waals surface area contributed by atoms with Gasteiger partial charge in [-0.05, 0) is 25.9 Å². The predicted octanol–water partition coefficient (Wildman–Crippen LogP) is -0.958. The molecular formula is C14H22N4O3. The molecule has 21 heavy (non-hydrogen) atoms. The van der Waals surface area contributed by atoms with Gasteiger partial charge in [-0.2, -0.15) is 0 Å². The molecule has 1 fully saturated rings. The van der Waals surface area contributed by atoms with Crippen LogP contribution in [0, 0.1) is 5.92 Å². The highest BCUT2D eigenvalue weighted by Gasteiger charge is 2.24. The van der Waals surface area contributed by atoms with Crippen LogP contribution in [0.5, 0.6) is 0 Å². The van der Waals surface area contributed by atoms with Gasteiger partial charge in [0, 0.05) is 33.3 Å². The zero-order chi connectivity index (χ0) is 15.6. The summed E-state index contributed by atoms with van der Waals surface area (Å²) in [6.45, 7) is 1.93. The maximum Gasteiger partial charge on any atom is 0.330 e. The van der Waals surface area contributed by atoms with Gasteiger partial charge in [-0.15, -0.1) is 0 Å². The van der Waals surface area contributed by atoms with Crippen molar-refractivity contribution >= 4 is 5.91 Å². The average molecular weight is 294 g/mol. The van der Waals surface area contributed by atoms with Crippen LogP contribution in [0.15, 0.2) is 15.8 Å². The van der Waals surface area contributed by atoms with Gasteiger partial charge in [-0.3, -0.25) is 14.2 Å². The van der Waals surface area contributed by atoms with Crippen molar-refractivity contribution in [1.29, 1.82) is 0 Å². The van der Waals surface area contributed by atoms with Crippen molar-refractivity contribution < 1.29 is 4.79 Å². The summed E-state index contributed by atoms with van der Waals surface area (Å²) < 4.78 is 2.43.